The highest BCUT2D eigenvalue weighted by molar-refractivity contribution is 6.31. The number of nitrogens with zero attached hydrogens (tertiary/aromatic N) is 3. The van der Waals surface area contributed by atoms with E-state index in [1.165, 1.54) is 18.3 Å². The summed E-state index contributed by atoms with van der Waals surface area (Å²) in [5.41, 5.74) is 0.559. The largest absolute Gasteiger partial charge is 0.353 e. The molecule has 7 nitrogen and oxygen atoms in total. The van der Waals surface area contributed by atoms with Crippen molar-refractivity contribution in [1.29, 1.82) is 0 Å². The van der Waals surface area contributed by atoms with Gasteiger partial charge in [-0.25, -0.2) is 4.98 Å². The Labute approximate surface area is 137 Å². The fourth-order valence-corrected chi connectivity index (χ4v) is 2.72. The number of halogens is 1. The molecule has 0 radical (unpaired) electrons. The van der Waals surface area contributed by atoms with Crippen LogP contribution < -0.4 is 10.2 Å². The molecule has 1 aromatic carbocycles. The number of nitrogens with one attached hydrogen (secondary N) is 1. The Morgan fingerprint density at radius 2 is 2.17 bits per heavy atom. The van der Waals surface area contributed by atoms with Gasteiger partial charge in [-0.15, -0.1) is 0 Å². The predicted molar refractivity (Wildman–Crippen MR) is 86.7 cm³/mol. The maximum atomic E-state index is 12.5. The third-order valence-corrected chi connectivity index (χ3v) is 3.85. The van der Waals surface area contributed by atoms with Crippen LogP contribution in [0.25, 0.3) is 0 Å². The van der Waals surface area contributed by atoms with Gasteiger partial charge in [-0.1, -0.05) is 17.7 Å². The van der Waals surface area contributed by atoms with Gasteiger partial charge in [0.2, 0.25) is 11.7 Å². The fraction of sp³-hybridized carbons (Fsp3) is 0.200. The molecular formula is C15H13ClN4O3. The van der Waals surface area contributed by atoms with Gasteiger partial charge in [-0.2, -0.15) is 0 Å². The predicted octanol–water partition coefficient (Wildman–Crippen LogP) is 2.86. The molecule has 1 amide bonds. The van der Waals surface area contributed by atoms with E-state index >= 15 is 0 Å². The molecule has 0 aliphatic carbocycles. The highest BCUT2D eigenvalue weighted by Crippen LogP contribution is 2.27. The number of aromatic nitrogens is 1. The number of nitro groups is 1. The first-order valence-corrected chi connectivity index (χ1v) is 7.37. The fourth-order valence-electron chi connectivity index (χ4n) is 2.53. The van der Waals surface area contributed by atoms with Crippen LogP contribution in [0, 0.1) is 10.1 Å². The molecule has 0 bridgehead atoms. The van der Waals surface area contributed by atoms with E-state index in [2.05, 4.69) is 10.3 Å². The van der Waals surface area contributed by atoms with Gasteiger partial charge < -0.3 is 10.2 Å². The molecule has 1 aliphatic heterocycles. The molecule has 1 aliphatic rings. The molecule has 1 saturated heterocycles. The summed E-state index contributed by atoms with van der Waals surface area (Å²) in [6.07, 6.45) is 1.97. The summed E-state index contributed by atoms with van der Waals surface area (Å²) in [5, 5.41) is 14.4. The Kier molecular flexibility index (Phi) is 4.12. The molecule has 3 rings (SSSR count). The maximum absolute atomic E-state index is 12.5. The molecule has 23 heavy (non-hydrogen) atoms. The number of carbonyl (C=O) groups excluding carboxylic acids is 1. The summed E-state index contributed by atoms with van der Waals surface area (Å²) in [4.78, 5) is 28.6. The third kappa shape index (κ3) is 3.09. The van der Waals surface area contributed by atoms with Gasteiger partial charge in [-0.3, -0.25) is 14.9 Å². The number of rotatable bonds is 4. The first kappa shape index (κ1) is 15.2. The third-order valence-electron chi connectivity index (χ3n) is 3.62. The van der Waals surface area contributed by atoms with Crippen molar-refractivity contribution in [2.24, 2.45) is 0 Å². The molecule has 2 heterocycles. The first-order chi connectivity index (χ1) is 11.1. The summed E-state index contributed by atoms with van der Waals surface area (Å²) in [7, 11) is 0. The zero-order chi connectivity index (χ0) is 16.4. The topological polar surface area (TPSA) is 88.4 Å². The van der Waals surface area contributed by atoms with Gasteiger partial charge in [0.15, 0.2) is 0 Å². The van der Waals surface area contributed by atoms with Crippen molar-refractivity contribution in [1.82, 2.24) is 4.98 Å². The number of hydrogen-bond donors (Lipinski definition) is 1. The maximum Gasteiger partial charge on any atom is 0.311 e. The Bertz CT molecular complexity index is 768. The Morgan fingerprint density at radius 3 is 2.91 bits per heavy atom. The smallest absolute Gasteiger partial charge is 0.311 e. The quantitative estimate of drug-likeness (QED) is 0.687. The lowest BCUT2D eigenvalue weighted by molar-refractivity contribution is -0.384. The number of carbonyl (C=O) groups is 1. The minimum absolute atomic E-state index is 0.101. The minimum atomic E-state index is -0.553. The van der Waals surface area contributed by atoms with E-state index in [4.69, 9.17) is 11.6 Å². The summed E-state index contributed by atoms with van der Waals surface area (Å²) in [6, 6.07) is 9.30. The highest BCUT2D eigenvalue weighted by atomic mass is 35.5. The van der Waals surface area contributed by atoms with Crippen molar-refractivity contribution < 1.29 is 9.72 Å². The average molecular weight is 333 g/mol. The lowest BCUT2D eigenvalue weighted by Gasteiger charge is -2.17. The Hall–Kier alpha value is -2.67. The number of pyridine rings is 1. The van der Waals surface area contributed by atoms with E-state index in [1.807, 2.05) is 0 Å². The van der Waals surface area contributed by atoms with E-state index < -0.39 is 11.0 Å². The molecule has 0 spiro atoms. The molecule has 0 saturated carbocycles. The standard InChI is InChI=1S/C15H13ClN4O3/c16-10-3-1-4-11(9-10)19-8-6-12(15(19)21)18-14-13(20(22)23)5-2-7-17-14/h1-5,7,9,12H,6,8H2,(H,17,18). The second-order valence-corrected chi connectivity index (χ2v) is 5.52. The van der Waals surface area contributed by atoms with Gasteiger partial charge in [0.25, 0.3) is 0 Å². The van der Waals surface area contributed by atoms with E-state index in [0.29, 0.717) is 23.7 Å². The van der Waals surface area contributed by atoms with E-state index in [9.17, 15) is 14.9 Å². The first-order valence-electron chi connectivity index (χ1n) is 6.99. The van der Waals surface area contributed by atoms with Crippen molar-refractivity contribution >= 4 is 34.7 Å². The molecule has 118 valence electrons. The molecule has 1 fully saturated rings. The van der Waals surface area contributed by atoms with Gasteiger partial charge in [0.05, 0.1) is 4.92 Å². The Morgan fingerprint density at radius 1 is 1.35 bits per heavy atom. The Balaban J connectivity index is 1.79. The van der Waals surface area contributed by atoms with Crippen molar-refractivity contribution in [2.45, 2.75) is 12.5 Å². The van der Waals surface area contributed by atoms with Crippen LogP contribution in [0.1, 0.15) is 6.42 Å². The van der Waals surface area contributed by atoms with Crippen LogP contribution in [-0.2, 0) is 4.79 Å². The molecular weight excluding hydrogens is 320 g/mol. The van der Waals surface area contributed by atoms with Crippen LogP contribution in [0.5, 0.6) is 0 Å². The lowest BCUT2D eigenvalue weighted by atomic mass is 10.2. The second-order valence-electron chi connectivity index (χ2n) is 5.08. The summed E-state index contributed by atoms with van der Waals surface area (Å²) >= 11 is 5.95. The van der Waals surface area contributed by atoms with Gasteiger partial charge in [-0.05, 0) is 30.7 Å². The molecule has 8 heteroatoms. The molecule has 1 N–H and O–H groups in total. The highest BCUT2D eigenvalue weighted by Gasteiger charge is 2.34. The zero-order valence-electron chi connectivity index (χ0n) is 12.0. The average Bonchev–Trinajstić information content (AvgIpc) is 2.89. The summed E-state index contributed by atoms with van der Waals surface area (Å²) in [6.45, 7) is 0.511. The molecule has 1 unspecified atom stereocenters. The number of hydrogen-bond acceptors (Lipinski definition) is 5. The monoisotopic (exact) mass is 332 g/mol. The van der Waals surface area contributed by atoms with Crippen LogP contribution in [0.15, 0.2) is 42.6 Å². The minimum Gasteiger partial charge on any atom is -0.353 e. The van der Waals surface area contributed by atoms with Crippen LogP contribution in [0.2, 0.25) is 5.02 Å². The normalized spacial score (nSPS) is 17.3. The van der Waals surface area contributed by atoms with E-state index in [-0.39, 0.29) is 17.4 Å². The number of benzene rings is 1. The summed E-state index contributed by atoms with van der Waals surface area (Å²) < 4.78 is 0. The van der Waals surface area contributed by atoms with Gasteiger partial charge in [0.1, 0.15) is 6.04 Å². The van der Waals surface area contributed by atoms with Crippen molar-refractivity contribution in [3.63, 3.8) is 0 Å². The number of amides is 1. The van der Waals surface area contributed by atoms with Crippen LogP contribution >= 0.6 is 11.6 Å². The van der Waals surface area contributed by atoms with Crippen LogP contribution in [-0.4, -0.2) is 28.4 Å². The summed E-state index contributed by atoms with van der Waals surface area (Å²) in [5.74, 6) is -0.0592. The second kappa shape index (κ2) is 6.21. The van der Waals surface area contributed by atoms with Crippen molar-refractivity contribution in [3.8, 4) is 0 Å². The van der Waals surface area contributed by atoms with Gasteiger partial charge in [0, 0.05) is 29.5 Å². The van der Waals surface area contributed by atoms with E-state index in [1.54, 1.807) is 29.2 Å². The van der Waals surface area contributed by atoms with Crippen molar-refractivity contribution in [2.75, 3.05) is 16.8 Å². The SMILES string of the molecule is O=C1C(Nc2ncccc2[N+](=O)[O-])CCN1c1cccc(Cl)c1. The lowest BCUT2D eigenvalue weighted by Crippen LogP contribution is -2.33. The van der Waals surface area contributed by atoms with Crippen molar-refractivity contribution in [3.05, 3.63) is 57.7 Å². The zero-order valence-corrected chi connectivity index (χ0v) is 12.7. The van der Waals surface area contributed by atoms with E-state index in [0.717, 1.165) is 0 Å². The van der Waals surface area contributed by atoms with Crippen LogP contribution in [0.4, 0.5) is 17.2 Å². The van der Waals surface area contributed by atoms with Crippen LogP contribution in [0.3, 0.4) is 0 Å². The molecule has 1 aromatic heterocycles. The molecule has 2 aromatic rings. The number of anilines is 2. The van der Waals surface area contributed by atoms with Gasteiger partial charge >= 0.3 is 5.69 Å². The molecule has 1 atom stereocenters.